The summed E-state index contributed by atoms with van der Waals surface area (Å²) >= 11 is 0. The van der Waals surface area contributed by atoms with Gasteiger partial charge in [0.25, 0.3) is 0 Å². The van der Waals surface area contributed by atoms with Gasteiger partial charge in [-0.25, -0.2) is 15.8 Å². The highest BCUT2D eigenvalue weighted by molar-refractivity contribution is 5.76. The van der Waals surface area contributed by atoms with Gasteiger partial charge in [-0.15, -0.1) is 0 Å². The van der Waals surface area contributed by atoms with Crippen LogP contribution in [0.3, 0.4) is 0 Å². The molecule has 0 saturated carbocycles. The van der Waals surface area contributed by atoms with Gasteiger partial charge in [0.1, 0.15) is 18.0 Å². The molecule has 1 aromatic rings. The summed E-state index contributed by atoms with van der Waals surface area (Å²) in [6.45, 7) is 2.36. The maximum absolute atomic E-state index is 11.9. The van der Waals surface area contributed by atoms with Crippen molar-refractivity contribution in [2.45, 2.75) is 25.7 Å². The van der Waals surface area contributed by atoms with Gasteiger partial charge in [0.2, 0.25) is 5.91 Å². The topological polar surface area (TPSA) is 96.2 Å². The Morgan fingerprint density at radius 2 is 2.00 bits per heavy atom. The van der Waals surface area contributed by atoms with E-state index in [2.05, 4.69) is 20.7 Å². The number of anilines is 2. The molecule has 1 aliphatic heterocycles. The fourth-order valence-electron chi connectivity index (χ4n) is 2.13. The van der Waals surface area contributed by atoms with Gasteiger partial charge in [-0.1, -0.05) is 0 Å². The highest BCUT2D eigenvalue weighted by Gasteiger charge is 2.15. The minimum atomic E-state index is 0.207. The van der Waals surface area contributed by atoms with Crippen molar-refractivity contribution in [2.24, 2.45) is 5.84 Å². The zero-order valence-corrected chi connectivity index (χ0v) is 10.9. The van der Waals surface area contributed by atoms with E-state index in [4.69, 9.17) is 5.84 Å². The number of rotatable bonds is 5. The van der Waals surface area contributed by atoms with E-state index in [1.54, 1.807) is 6.07 Å². The number of aromatic nitrogens is 2. The van der Waals surface area contributed by atoms with Gasteiger partial charge in [0.15, 0.2) is 0 Å². The number of nitrogens with zero attached hydrogens (tertiary/aromatic N) is 3. The third-order valence-electron chi connectivity index (χ3n) is 3.17. The zero-order valence-electron chi connectivity index (χ0n) is 10.9. The number of hydrazine groups is 1. The Balaban J connectivity index is 1.74. The lowest BCUT2D eigenvalue weighted by Gasteiger charge is -2.26. The molecule has 19 heavy (non-hydrogen) atoms. The molecule has 0 spiro atoms. The molecule has 0 aliphatic carbocycles. The first-order chi connectivity index (χ1) is 9.29. The molecular weight excluding hydrogens is 244 g/mol. The first-order valence-electron chi connectivity index (χ1n) is 6.60. The van der Waals surface area contributed by atoms with Crippen molar-refractivity contribution in [3.63, 3.8) is 0 Å². The molecule has 0 atom stereocenters. The Kier molecular flexibility index (Phi) is 4.91. The number of nitrogens with one attached hydrogen (secondary N) is 2. The van der Waals surface area contributed by atoms with Crippen LogP contribution in [0.15, 0.2) is 12.4 Å². The van der Waals surface area contributed by atoms with Crippen LogP contribution in [-0.2, 0) is 4.79 Å². The minimum absolute atomic E-state index is 0.207. The van der Waals surface area contributed by atoms with Crippen molar-refractivity contribution in [2.75, 3.05) is 30.4 Å². The van der Waals surface area contributed by atoms with E-state index in [1.165, 1.54) is 12.7 Å². The number of hydrogen-bond acceptors (Lipinski definition) is 6. The van der Waals surface area contributed by atoms with Crippen LogP contribution in [0.2, 0.25) is 0 Å². The second-order valence-corrected chi connectivity index (χ2v) is 4.55. The number of likely N-dealkylation sites (tertiary alicyclic amines) is 1. The molecule has 0 unspecified atom stereocenters. The van der Waals surface area contributed by atoms with Crippen LogP contribution < -0.4 is 16.6 Å². The lowest BCUT2D eigenvalue weighted by atomic mass is 10.1. The lowest BCUT2D eigenvalue weighted by Crippen LogP contribution is -2.36. The normalized spacial score (nSPS) is 15.1. The highest BCUT2D eigenvalue weighted by Crippen LogP contribution is 2.10. The van der Waals surface area contributed by atoms with E-state index in [0.717, 1.165) is 25.9 Å². The molecule has 1 fully saturated rings. The molecule has 2 heterocycles. The second-order valence-electron chi connectivity index (χ2n) is 4.55. The average Bonchev–Trinajstić information content (AvgIpc) is 2.48. The maximum Gasteiger partial charge on any atom is 0.224 e. The van der Waals surface area contributed by atoms with Crippen LogP contribution in [-0.4, -0.2) is 40.4 Å². The van der Waals surface area contributed by atoms with E-state index < -0.39 is 0 Å². The van der Waals surface area contributed by atoms with E-state index in [9.17, 15) is 4.79 Å². The molecule has 1 amide bonds. The molecule has 1 aromatic heterocycles. The van der Waals surface area contributed by atoms with Crippen LogP contribution in [0.5, 0.6) is 0 Å². The monoisotopic (exact) mass is 264 g/mol. The molecule has 104 valence electrons. The second kappa shape index (κ2) is 6.89. The summed E-state index contributed by atoms with van der Waals surface area (Å²) in [4.78, 5) is 21.8. The van der Waals surface area contributed by atoms with Crippen molar-refractivity contribution < 1.29 is 4.79 Å². The molecule has 1 aliphatic rings. The van der Waals surface area contributed by atoms with Gasteiger partial charge in [0.05, 0.1) is 0 Å². The Morgan fingerprint density at radius 3 is 2.74 bits per heavy atom. The predicted octanol–water partition coefficient (Wildman–Crippen LogP) is 0.577. The fraction of sp³-hybridized carbons (Fsp3) is 0.583. The molecule has 0 aromatic carbocycles. The largest absolute Gasteiger partial charge is 0.369 e. The SMILES string of the molecule is NNc1cc(NCCC(=O)N2CCCCC2)ncn1. The molecule has 0 radical (unpaired) electrons. The van der Waals surface area contributed by atoms with Gasteiger partial charge in [-0.3, -0.25) is 4.79 Å². The van der Waals surface area contributed by atoms with E-state index in [1.807, 2.05) is 4.90 Å². The van der Waals surface area contributed by atoms with Crippen molar-refractivity contribution in [1.29, 1.82) is 0 Å². The molecule has 0 bridgehead atoms. The molecule has 7 nitrogen and oxygen atoms in total. The predicted molar refractivity (Wildman–Crippen MR) is 73.4 cm³/mol. The van der Waals surface area contributed by atoms with Crippen molar-refractivity contribution in [3.05, 3.63) is 12.4 Å². The van der Waals surface area contributed by atoms with Gasteiger partial charge in [0, 0.05) is 32.1 Å². The summed E-state index contributed by atoms with van der Waals surface area (Å²) in [5, 5.41) is 3.10. The molecule has 1 saturated heterocycles. The number of piperidine rings is 1. The summed E-state index contributed by atoms with van der Waals surface area (Å²) in [7, 11) is 0. The maximum atomic E-state index is 11.9. The van der Waals surface area contributed by atoms with Crippen LogP contribution in [0.4, 0.5) is 11.6 Å². The average molecular weight is 264 g/mol. The molecule has 7 heteroatoms. The third-order valence-corrected chi connectivity index (χ3v) is 3.17. The number of carbonyl (C=O) groups is 1. The van der Waals surface area contributed by atoms with E-state index >= 15 is 0 Å². The van der Waals surface area contributed by atoms with Crippen molar-refractivity contribution in [3.8, 4) is 0 Å². The van der Waals surface area contributed by atoms with Crippen LogP contribution in [0.25, 0.3) is 0 Å². The Bertz CT molecular complexity index is 418. The quantitative estimate of drug-likeness (QED) is 0.531. The van der Waals surface area contributed by atoms with Crippen LogP contribution in [0, 0.1) is 0 Å². The molecular formula is C12H20N6O. The molecule has 2 rings (SSSR count). The summed E-state index contributed by atoms with van der Waals surface area (Å²) in [6.07, 6.45) is 5.38. The standard InChI is InChI=1S/C12H20N6O/c13-17-11-8-10(15-9-16-11)14-5-4-12(19)18-6-2-1-3-7-18/h8-9H,1-7,13H2,(H2,14,15,16,17). The zero-order chi connectivity index (χ0) is 13.5. The number of carbonyl (C=O) groups excluding carboxylic acids is 1. The van der Waals surface area contributed by atoms with Crippen LogP contribution >= 0.6 is 0 Å². The summed E-state index contributed by atoms with van der Waals surface area (Å²) < 4.78 is 0. The number of nitrogen functional groups attached to an aromatic ring is 1. The minimum Gasteiger partial charge on any atom is -0.369 e. The van der Waals surface area contributed by atoms with Crippen LogP contribution in [0.1, 0.15) is 25.7 Å². The number of amides is 1. The first kappa shape index (κ1) is 13.5. The summed E-state index contributed by atoms with van der Waals surface area (Å²) in [5.74, 6) is 6.67. The number of hydrogen-bond donors (Lipinski definition) is 3. The Labute approximate surface area is 112 Å². The third kappa shape index (κ3) is 4.06. The van der Waals surface area contributed by atoms with E-state index in [-0.39, 0.29) is 5.91 Å². The lowest BCUT2D eigenvalue weighted by molar-refractivity contribution is -0.131. The Hall–Kier alpha value is -1.89. The smallest absolute Gasteiger partial charge is 0.224 e. The molecule has 4 N–H and O–H groups in total. The van der Waals surface area contributed by atoms with Gasteiger partial charge in [-0.2, -0.15) is 0 Å². The van der Waals surface area contributed by atoms with Gasteiger partial charge in [-0.05, 0) is 19.3 Å². The first-order valence-corrected chi connectivity index (χ1v) is 6.60. The highest BCUT2D eigenvalue weighted by atomic mass is 16.2. The summed E-state index contributed by atoms with van der Waals surface area (Å²) in [5.41, 5.74) is 2.45. The Morgan fingerprint density at radius 1 is 1.26 bits per heavy atom. The van der Waals surface area contributed by atoms with Crippen molar-refractivity contribution in [1.82, 2.24) is 14.9 Å². The van der Waals surface area contributed by atoms with Gasteiger partial charge >= 0.3 is 0 Å². The number of nitrogens with two attached hydrogens (primary N) is 1. The fourth-order valence-corrected chi connectivity index (χ4v) is 2.13. The van der Waals surface area contributed by atoms with Crippen molar-refractivity contribution >= 4 is 17.5 Å². The van der Waals surface area contributed by atoms with Gasteiger partial charge < -0.3 is 15.6 Å². The van der Waals surface area contributed by atoms with E-state index in [0.29, 0.717) is 24.6 Å². The summed E-state index contributed by atoms with van der Waals surface area (Å²) in [6, 6.07) is 1.70.